The molecule has 0 saturated carbocycles. The van der Waals surface area contributed by atoms with Gasteiger partial charge >= 0.3 is 0 Å². The lowest BCUT2D eigenvalue weighted by Crippen LogP contribution is -2.09. The molecule has 0 aliphatic heterocycles. The minimum absolute atomic E-state index is 1.16. The number of benzene rings is 8. The average molecular weight is 582 g/mol. The Hall–Kier alpha value is -5.40. The van der Waals surface area contributed by atoms with Crippen LogP contribution in [-0.2, 0) is 0 Å². The normalized spacial score (nSPS) is 10.7. The van der Waals surface area contributed by atoms with Crippen molar-refractivity contribution in [2.75, 3.05) is 4.90 Å². The topological polar surface area (TPSA) is 3.24 Å². The number of aryl methyl sites for hydroxylation is 2. The Balaban J connectivity index is 0.000000177. The van der Waals surface area contributed by atoms with Crippen molar-refractivity contribution in [3.05, 3.63) is 175 Å². The molecule has 45 heavy (non-hydrogen) atoms. The highest BCUT2D eigenvalue weighted by molar-refractivity contribution is 6.08. The van der Waals surface area contributed by atoms with E-state index in [0.29, 0.717) is 0 Å². The van der Waals surface area contributed by atoms with Gasteiger partial charge in [0.15, 0.2) is 0 Å². The maximum Gasteiger partial charge on any atom is 0.0468 e. The zero-order chi connectivity index (χ0) is 31.2. The molecule has 0 aromatic heterocycles. The summed E-state index contributed by atoms with van der Waals surface area (Å²) in [6.45, 7) is 8.30. The van der Waals surface area contributed by atoms with Crippen LogP contribution in [0.1, 0.15) is 25.0 Å². The number of fused-ring (bicyclic) bond motifs is 5. The highest BCUT2D eigenvalue weighted by atomic mass is 15.1. The fourth-order valence-corrected chi connectivity index (χ4v) is 6.01. The third-order valence-electron chi connectivity index (χ3n) is 8.25. The predicted octanol–water partition coefficient (Wildman–Crippen LogP) is 13.1. The predicted molar refractivity (Wildman–Crippen MR) is 198 cm³/mol. The van der Waals surface area contributed by atoms with Gasteiger partial charge in [-0.2, -0.15) is 0 Å². The maximum absolute atomic E-state index is 2.33. The Morgan fingerprint density at radius 2 is 0.756 bits per heavy atom. The first-order valence-electron chi connectivity index (χ1n) is 15.9. The van der Waals surface area contributed by atoms with Gasteiger partial charge in [0.05, 0.1) is 0 Å². The summed E-state index contributed by atoms with van der Waals surface area (Å²) < 4.78 is 0. The molecule has 0 spiro atoms. The highest BCUT2D eigenvalue weighted by Gasteiger charge is 2.13. The van der Waals surface area contributed by atoms with Gasteiger partial charge in [0.2, 0.25) is 0 Å². The molecule has 0 N–H and O–H groups in total. The lowest BCUT2D eigenvalue weighted by Gasteiger charge is -2.26. The third kappa shape index (κ3) is 6.30. The molecule has 0 radical (unpaired) electrons. The van der Waals surface area contributed by atoms with Crippen molar-refractivity contribution < 1.29 is 0 Å². The second-order valence-corrected chi connectivity index (χ2v) is 11.2. The van der Waals surface area contributed by atoms with E-state index < -0.39 is 0 Å². The minimum Gasteiger partial charge on any atom is -0.310 e. The molecular weight excluding hydrogens is 542 g/mol. The first-order chi connectivity index (χ1) is 22.1. The molecule has 8 aromatic rings. The number of hydrogen-bond acceptors (Lipinski definition) is 1. The van der Waals surface area contributed by atoms with Gasteiger partial charge in [-0.3, -0.25) is 0 Å². The largest absolute Gasteiger partial charge is 0.310 e. The molecule has 8 rings (SSSR count). The minimum atomic E-state index is 1.16. The van der Waals surface area contributed by atoms with Crippen molar-refractivity contribution in [3.63, 3.8) is 0 Å². The van der Waals surface area contributed by atoms with Gasteiger partial charge in [0, 0.05) is 17.1 Å². The standard InChI is InChI=1S/C27H21N.C15H12.C2H6/c1-20-10-14-25(15-11-20)28(26-16-12-21-6-2-4-8-23(21)18-26)27-17-13-22-7-3-5-9-24(22)19-27;1-11-10-12-6-2-3-8-14(12)15-9-5-4-7-13(11)15;1-2/h2-19H,1H3;2-10H,1H3;1-2H3. The summed E-state index contributed by atoms with van der Waals surface area (Å²) in [6, 6.07) is 58.5. The van der Waals surface area contributed by atoms with E-state index in [1.807, 2.05) is 13.8 Å². The zero-order valence-corrected chi connectivity index (χ0v) is 26.5. The van der Waals surface area contributed by atoms with Crippen molar-refractivity contribution in [1.29, 1.82) is 0 Å². The summed E-state index contributed by atoms with van der Waals surface area (Å²) >= 11 is 0. The van der Waals surface area contributed by atoms with Gasteiger partial charge in [0.1, 0.15) is 0 Å². The maximum atomic E-state index is 2.33. The second kappa shape index (κ2) is 13.5. The second-order valence-electron chi connectivity index (χ2n) is 11.2. The third-order valence-corrected chi connectivity index (χ3v) is 8.25. The van der Waals surface area contributed by atoms with Gasteiger partial charge in [-0.15, -0.1) is 0 Å². The van der Waals surface area contributed by atoms with Gasteiger partial charge in [0.25, 0.3) is 0 Å². The lowest BCUT2D eigenvalue weighted by molar-refractivity contribution is 1.28. The average Bonchev–Trinajstić information content (AvgIpc) is 3.10. The Bertz CT molecular complexity index is 2130. The molecule has 1 nitrogen and oxygen atoms in total. The van der Waals surface area contributed by atoms with Crippen LogP contribution in [0.15, 0.2) is 164 Å². The van der Waals surface area contributed by atoms with Crippen LogP contribution in [0.4, 0.5) is 17.1 Å². The highest BCUT2D eigenvalue weighted by Crippen LogP contribution is 2.37. The molecule has 0 fully saturated rings. The Kier molecular flexibility index (Phi) is 8.89. The Morgan fingerprint density at radius 3 is 1.31 bits per heavy atom. The van der Waals surface area contributed by atoms with Crippen LogP contribution in [0.2, 0.25) is 0 Å². The molecule has 0 aliphatic carbocycles. The lowest BCUT2D eigenvalue weighted by atomic mass is 9.98. The van der Waals surface area contributed by atoms with Crippen LogP contribution in [0.25, 0.3) is 43.1 Å². The molecule has 0 heterocycles. The van der Waals surface area contributed by atoms with Crippen molar-refractivity contribution in [1.82, 2.24) is 0 Å². The van der Waals surface area contributed by atoms with E-state index in [0.717, 1.165) is 17.1 Å². The number of anilines is 3. The van der Waals surface area contributed by atoms with Crippen LogP contribution in [-0.4, -0.2) is 0 Å². The molecule has 0 saturated heterocycles. The van der Waals surface area contributed by atoms with Crippen LogP contribution < -0.4 is 4.90 Å². The summed E-state index contributed by atoms with van der Waals surface area (Å²) in [6.07, 6.45) is 0. The van der Waals surface area contributed by atoms with Gasteiger partial charge in [-0.05, 0) is 98.9 Å². The quantitative estimate of drug-likeness (QED) is 0.188. The summed E-state index contributed by atoms with van der Waals surface area (Å²) in [7, 11) is 0. The van der Waals surface area contributed by atoms with Gasteiger partial charge < -0.3 is 4.90 Å². The number of hydrogen-bond donors (Lipinski definition) is 0. The molecule has 0 aliphatic rings. The van der Waals surface area contributed by atoms with Crippen molar-refractivity contribution in [3.8, 4) is 0 Å². The van der Waals surface area contributed by atoms with Crippen LogP contribution in [0.5, 0.6) is 0 Å². The molecule has 0 amide bonds. The van der Waals surface area contributed by atoms with Gasteiger partial charge in [-0.25, -0.2) is 0 Å². The smallest absolute Gasteiger partial charge is 0.0468 e. The molecule has 0 bridgehead atoms. The molecule has 8 aromatic carbocycles. The fraction of sp³-hybridized carbons (Fsp3) is 0.0909. The summed E-state index contributed by atoms with van der Waals surface area (Å²) in [5, 5.41) is 10.4. The first-order valence-corrected chi connectivity index (χ1v) is 15.9. The summed E-state index contributed by atoms with van der Waals surface area (Å²) in [5.41, 5.74) is 6.11. The van der Waals surface area contributed by atoms with Gasteiger partial charge in [-0.1, -0.05) is 147 Å². The van der Waals surface area contributed by atoms with E-state index >= 15 is 0 Å². The van der Waals surface area contributed by atoms with E-state index in [4.69, 9.17) is 0 Å². The molecule has 0 atom stereocenters. The zero-order valence-electron chi connectivity index (χ0n) is 26.5. The van der Waals surface area contributed by atoms with E-state index in [2.05, 4.69) is 183 Å². The van der Waals surface area contributed by atoms with E-state index in [1.54, 1.807) is 0 Å². The monoisotopic (exact) mass is 581 g/mol. The molecular formula is C44H39N. The molecule has 0 unspecified atom stereocenters. The van der Waals surface area contributed by atoms with Crippen molar-refractivity contribution in [2.24, 2.45) is 0 Å². The number of rotatable bonds is 3. The summed E-state index contributed by atoms with van der Waals surface area (Å²) in [4.78, 5) is 2.33. The van der Waals surface area contributed by atoms with E-state index in [9.17, 15) is 0 Å². The number of nitrogens with zero attached hydrogens (tertiary/aromatic N) is 1. The van der Waals surface area contributed by atoms with Crippen LogP contribution >= 0.6 is 0 Å². The molecule has 220 valence electrons. The first kappa shape index (κ1) is 29.7. The molecule has 1 heteroatoms. The van der Waals surface area contributed by atoms with Crippen LogP contribution in [0, 0.1) is 13.8 Å². The van der Waals surface area contributed by atoms with E-state index in [1.165, 1.54) is 54.2 Å². The van der Waals surface area contributed by atoms with Crippen molar-refractivity contribution >= 4 is 60.2 Å². The van der Waals surface area contributed by atoms with Crippen molar-refractivity contribution in [2.45, 2.75) is 27.7 Å². The van der Waals surface area contributed by atoms with Crippen LogP contribution in [0.3, 0.4) is 0 Å². The van der Waals surface area contributed by atoms with E-state index in [-0.39, 0.29) is 0 Å². The fourth-order valence-electron chi connectivity index (χ4n) is 6.01. The Morgan fingerprint density at radius 1 is 0.333 bits per heavy atom. The Labute approximate surface area is 267 Å². The summed E-state index contributed by atoms with van der Waals surface area (Å²) in [5.74, 6) is 0. The SMILES string of the molecule is CC.Cc1cc2ccccc2c2ccccc12.Cc1ccc(N(c2ccc3ccccc3c2)c2ccc3ccccc3c2)cc1.